The average Bonchev–Trinajstić information content (AvgIpc) is 2.93. The Labute approximate surface area is 138 Å². The molecule has 8 heteroatoms. The molecule has 1 aromatic carbocycles. The number of hydrogen-bond donors (Lipinski definition) is 2. The summed E-state index contributed by atoms with van der Waals surface area (Å²) in [5.41, 5.74) is 1.14. The van der Waals surface area contributed by atoms with Crippen LogP contribution in [0.4, 0.5) is 0 Å². The maximum Gasteiger partial charge on any atom is 0.247 e. The number of aryl methyl sites for hydroxylation is 1. The Bertz CT molecular complexity index is 769. The number of nitrogens with two attached hydrogens (primary N) is 1. The highest BCUT2D eigenvalue weighted by Crippen LogP contribution is 2.22. The number of carbonyl (C=O) groups excluding carboxylic acids is 1. The van der Waals surface area contributed by atoms with E-state index in [4.69, 9.17) is 5.14 Å². The molecule has 0 spiro atoms. The van der Waals surface area contributed by atoms with E-state index in [1.165, 1.54) is 17.8 Å². The van der Waals surface area contributed by atoms with Crippen molar-refractivity contribution in [2.75, 3.05) is 5.75 Å². The number of sulfonamides is 1. The molecule has 1 aromatic heterocycles. The fourth-order valence-corrected chi connectivity index (χ4v) is 4.28. The molecule has 1 amide bonds. The molecule has 5 nitrogen and oxygen atoms in total. The van der Waals surface area contributed by atoms with E-state index in [1.54, 1.807) is 6.07 Å². The van der Waals surface area contributed by atoms with E-state index in [1.807, 2.05) is 31.2 Å². The first-order valence-corrected chi connectivity index (χ1v) is 9.78. The van der Waals surface area contributed by atoms with Gasteiger partial charge in [-0.05, 0) is 30.7 Å². The summed E-state index contributed by atoms with van der Waals surface area (Å²) in [7, 11) is -3.67. The number of thioether (sulfide) groups is 1. The lowest BCUT2D eigenvalue weighted by Crippen LogP contribution is -2.24. The van der Waals surface area contributed by atoms with Gasteiger partial charge in [0.15, 0.2) is 0 Å². The number of amides is 1. The molecule has 0 saturated heterocycles. The van der Waals surface area contributed by atoms with Crippen LogP contribution in [0.1, 0.15) is 10.4 Å². The van der Waals surface area contributed by atoms with E-state index in [0.717, 1.165) is 26.7 Å². The highest BCUT2D eigenvalue weighted by Gasteiger charge is 2.11. The third-order valence-corrected chi connectivity index (χ3v) is 6.53. The summed E-state index contributed by atoms with van der Waals surface area (Å²) >= 11 is 2.54. The van der Waals surface area contributed by atoms with E-state index in [2.05, 4.69) is 5.32 Å². The van der Waals surface area contributed by atoms with Gasteiger partial charge in [-0.25, -0.2) is 13.6 Å². The molecule has 0 saturated carbocycles. The SMILES string of the molecule is Cc1ccccc1SCC(=O)NCc1ccc(S(N)(=O)=O)s1. The van der Waals surface area contributed by atoms with Crippen LogP contribution in [-0.2, 0) is 21.4 Å². The number of benzene rings is 1. The Morgan fingerprint density at radius 3 is 2.64 bits per heavy atom. The first kappa shape index (κ1) is 17.0. The maximum absolute atomic E-state index is 11.8. The van der Waals surface area contributed by atoms with Crippen LogP contribution in [-0.4, -0.2) is 20.1 Å². The Hall–Kier alpha value is -1.35. The topological polar surface area (TPSA) is 89.3 Å². The Morgan fingerprint density at radius 1 is 1.27 bits per heavy atom. The summed E-state index contributed by atoms with van der Waals surface area (Å²) in [4.78, 5) is 13.7. The normalized spacial score (nSPS) is 11.4. The van der Waals surface area contributed by atoms with Crippen LogP contribution in [0, 0.1) is 6.92 Å². The lowest BCUT2D eigenvalue weighted by molar-refractivity contribution is -0.118. The zero-order valence-electron chi connectivity index (χ0n) is 11.9. The molecule has 0 unspecified atom stereocenters. The molecule has 118 valence electrons. The van der Waals surface area contributed by atoms with Gasteiger partial charge in [0.1, 0.15) is 4.21 Å². The first-order valence-electron chi connectivity index (χ1n) is 6.43. The Morgan fingerprint density at radius 2 is 2.00 bits per heavy atom. The van der Waals surface area contributed by atoms with Crippen molar-refractivity contribution in [2.24, 2.45) is 5.14 Å². The third-order valence-electron chi connectivity index (χ3n) is 2.83. The van der Waals surface area contributed by atoms with Crippen LogP contribution in [0.5, 0.6) is 0 Å². The zero-order valence-corrected chi connectivity index (χ0v) is 14.4. The van der Waals surface area contributed by atoms with Gasteiger partial charge >= 0.3 is 0 Å². The molecule has 0 aliphatic carbocycles. The number of rotatable bonds is 6. The Balaban J connectivity index is 1.83. The van der Waals surface area contributed by atoms with Crippen molar-refractivity contribution in [3.8, 4) is 0 Å². The van der Waals surface area contributed by atoms with Crippen molar-refractivity contribution in [3.63, 3.8) is 0 Å². The standard InChI is InChI=1S/C14H16N2O3S3/c1-10-4-2-3-5-12(10)20-9-13(17)16-8-11-6-7-14(21-11)22(15,18)19/h2-7H,8-9H2,1H3,(H,16,17)(H2,15,18,19). The average molecular weight is 356 g/mol. The van der Waals surface area contributed by atoms with Crippen molar-refractivity contribution in [3.05, 3.63) is 46.8 Å². The molecule has 1 heterocycles. The number of carbonyl (C=O) groups is 1. The van der Waals surface area contributed by atoms with Gasteiger partial charge in [0.25, 0.3) is 0 Å². The van der Waals surface area contributed by atoms with Crippen molar-refractivity contribution in [2.45, 2.75) is 22.6 Å². The molecule has 2 rings (SSSR count). The maximum atomic E-state index is 11.8. The monoisotopic (exact) mass is 356 g/mol. The van der Waals surface area contributed by atoms with Crippen LogP contribution in [0.15, 0.2) is 45.5 Å². The van der Waals surface area contributed by atoms with Crippen LogP contribution in [0.25, 0.3) is 0 Å². The minimum absolute atomic E-state index is 0.0983. The van der Waals surface area contributed by atoms with E-state index in [0.29, 0.717) is 12.3 Å². The molecule has 3 N–H and O–H groups in total. The molecule has 0 radical (unpaired) electrons. The van der Waals surface area contributed by atoms with Crippen molar-refractivity contribution < 1.29 is 13.2 Å². The van der Waals surface area contributed by atoms with E-state index in [9.17, 15) is 13.2 Å². The van der Waals surface area contributed by atoms with Crippen LogP contribution in [0.2, 0.25) is 0 Å². The summed E-state index contributed by atoms with van der Waals surface area (Å²) < 4.78 is 22.4. The van der Waals surface area contributed by atoms with Crippen LogP contribution in [0.3, 0.4) is 0 Å². The minimum atomic E-state index is -3.67. The fourth-order valence-electron chi connectivity index (χ4n) is 1.70. The lowest BCUT2D eigenvalue weighted by Gasteiger charge is -2.06. The molecule has 22 heavy (non-hydrogen) atoms. The number of primary sulfonamides is 1. The molecule has 0 bridgehead atoms. The van der Waals surface area contributed by atoms with Gasteiger partial charge < -0.3 is 5.32 Å². The second-order valence-corrected chi connectivity index (χ2v) is 8.57. The molecular weight excluding hydrogens is 340 g/mol. The number of thiophene rings is 1. The smallest absolute Gasteiger partial charge is 0.247 e. The molecule has 0 atom stereocenters. The molecule has 0 aliphatic rings. The molecule has 0 aliphatic heterocycles. The van der Waals surface area contributed by atoms with Crippen molar-refractivity contribution >= 4 is 39.0 Å². The molecular formula is C14H16N2O3S3. The van der Waals surface area contributed by atoms with Gasteiger partial charge in [-0.15, -0.1) is 23.1 Å². The zero-order chi connectivity index (χ0) is 16.2. The third kappa shape index (κ3) is 4.84. The van der Waals surface area contributed by atoms with Gasteiger partial charge in [0.05, 0.1) is 12.3 Å². The summed E-state index contributed by atoms with van der Waals surface area (Å²) in [5.74, 6) is 0.219. The highest BCUT2D eigenvalue weighted by molar-refractivity contribution is 8.00. The fraction of sp³-hybridized carbons (Fsp3) is 0.214. The predicted octanol–water partition coefficient (Wildman–Crippen LogP) is 2.11. The quantitative estimate of drug-likeness (QED) is 0.776. The van der Waals surface area contributed by atoms with Crippen LogP contribution < -0.4 is 10.5 Å². The predicted molar refractivity (Wildman–Crippen MR) is 89.4 cm³/mol. The van der Waals surface area contributed by atoms with Gasteiger partial charge in [-0.1, -0.05) is 18.2 Å². The van der Waals surface area contributed by atoms with Gasteiger partial charge in [-0.3, -0.25) is 4.79 Å². The second-order valence-electron chi connectivity index (χ2n) is 4.60. The number of nitrogens with one attached hydrogen (secondary N) is 1. The Kier molecular flexibility index (Phi) is 5.63. The highest BCUT2D eigenvalue weighted by atomic mass is 32.2. The molecule has 2 aromatic rings. The molecule has 0 fully saturated rings. The largest absolute Gasteiger partial charge is 0.350 e. The summed E-state index contributed by atoms with van der Waals surface area (Å²) in [6.45, 7) is 2.30. The van der Waals surface area contributed by atoms with E-state index in [-0.39, 0.29) is 10.1 Å². The minimum Gasteiger partial charge on any atom is -0.350 e. The van der Waals surface area contributed by atoms with Gasteiger partial charge in [-0.2, -0.15) is 0 Å². The van der Waals surface area contributed by atoms with Crippen molar-refractivity contribution in [1.82, 2.24) is 5.32 Å². The summed E-state index contributed by atoms with van der Waals surface area (Å²) in [6, 6.07) is 11.0. The summed E-state index contributed by atoms with van der Waals surface area (Å²) in [5, 5.41) is 7.81. The van der Waals surface area contributed by atoms with E-state index >= 15 is 0 Å². The lowest BCUT2D eigenvalue weighted by atomic mass is 10.2. The van der Waals surface area contributed by atoms with E-state index < -0.39 is 10.0 Å². The van der Waals surface area contributed by atoms with Crippen molar-refractivity contribution in [1.29, 1.82) is 0 Å². The van der Waals surface area contributed by atoms with Crippen LogP contribution >= 0.6 is 23.1 Å². The first-order chi connectivity index (χ1) is 10.4. The summed E-state index contributed by atoms with van der Waals surface area (Å²) in [6.07, 6.45) is 0. The van der Waals surface area contributed by atoms with Gasteiger partial charge in [0.2, 0.25) is 15.9 Å². The van der Waals surface area contributed by atoms with Gasteiger partial charge in [0, 0.05) is 9.77 Å². The number of hydrogen-bond acceptors (Lipinski definition) is 5. The second kappa shape index (κ2) is 7.28.